The van der Waals surface area contributed by atoms with Gasteiger partial charge in [-0.25, -0.2) is 4.79 Å². The molecule has 0 spiro atoms. The van der Waals surface area contributed by atoms with Crippen molar-refractivity contribution < 1.29 is 18.8 Å². The lowest BCUT2D eigenvalue weighted by Gasteiger charge is -2.32. The molecule has 0 radical (unpaired) electrons. The SMILES string of the molecule is CC(C)(C)OC(=O)NC1CC=C(B2OC(C)(C)C(C)(C)O2)CC1. The molecule has 0 aromatic rings. The van der Waals surface area contributed by atoms with Crippen LogP contribution in [0, 0.1) is 0 Å². The van der Waals surface area contributed by atoms with Gasteiger partial charge in [0.25, 0.3) is 0 Å². The first-order chi connectivity index (χ1) is 10.4. The number of hydrogen-bond acceptors (Lipinski definition) is 4. The van der Waals surface area contributed by atoms with Gasteiger partial charge in [0, 0.05) is 6.04 Å². The molecule has 23 heavy (non-hydrogen) atoms. The molecule has 1 atom stereocenters. The number of rotatable bonds is 2. The van der Waals surface area contributed by atoms with Gasteiger partial charge in [-0.15, -0.1) is 0 Å². The van der Waals surface area contributed by atoms with Crippen LogP contribution < -0.4 is 5.32 Å². The van der Waals surface area contributed by atoms with Gasteiger partial charge in [0.2, 0.25) is 0 Å². The fourth-order valence-electron chi connectivity index (χ4n) is 2.67. The van der Waals surface area contributed by atoms with E-state index in [2.05, 4.69) is 39.1 Å². The zero-order chi connectivity index (χ0) is 17.5. The summed E-state index contributed by atoms with van der Waals surface area (Å²) < 4.78 is 17.5. The lowest BCUT2D eigenvalue weighted by Crippen LogP contribution is -2.41. The van der Waals surface area contributed by atoms with Crippen LogP contribution in [0.15, 0.2) is 11.5 Å². The summed E-state index contributed by atoms with van der Waals surface area (Å²) in [6.07, 6.45) is 4.29. The molecule has 2 rings (SSSR count). The molecular weight excluding hydrogens is 293 g/mol. The number of carbonyl (C=O) groups excluding carboxylic acids is 1. The number of alkyl carbamates (subject to hydrolysis) is 1. The van der Waals surface area contributed by atoms with Crippen LogP contribution in [-0.4, -0.2) is 36.1 Å². The molecule has 1 saturated heterocycles. The van der Waals surface area contributed by atoms with E-state index in [9.17, 15) is 4.79 Å². The third kappa shape index (κ3) is 4.51. The maximum absolute atomic E-state index is 11.8. The van der Waals surface area contributed by atoms with Crippen molar-refractivity contribution in [3.63, 3.8) is 0 Å². The molecule has 0 aromatic heterocycles. The van der Waals surface area contributed by atoms with Crippen molar-refractivity contribution in [3.05, 3.63) is 11.5 Å². The molecule has 0 aromatic carbocycles. The van der Waals surface area contributed by atoms with E-state index in [1.165, 1.54) is 5.47 Å². The van der Waals surface area contributed by atoms with Gasteiger partial charge < -0.3 is 19.4 Å². The monoisotopic (exact) mass is 323 g/mol. The highest BCUT2D eigenvalue weighted by molar-refractivity contribution is 6.54. The third-order valence-corrected chi connectivity index (χ3v) is 4.72. The van der Waals surface area contributed by atoms with Crippen LogP contribution in [0.3, 0.4) is 0 Å². The molecular formula is C17H30BNO4. The Morgan fingerprint density at radius 3 is 2.26 bits per heavy atom. The van der Waals surface area contributed by atoms with Crippen molar-refractivity contribution in [1.82, 2.24) is 5.32 Å². The number of allylic oxidation sites excluding steroid dienone is 1. The lowest BCUT2D eigenvalue weighted by molar-refractivity contribution is 0.00578. The maximum atomic E-state index is 11.8. The molecule has 1 fully saturated rings. The second-order valence-electron chi connectivity index (χ2n) is 8.48. The normalized spacial score (nSPS) is 26.7. The van der Waals surface area contributed by atoms with Gasteiger partial charge in [-0.05, 0) is 73.2 Å². The Balaban J connectivity index is 1.89. The summed E-state index contributed by atoms with van der Waals surface area (Å²) in [5.41, 5.74) is 0.0716. The summed E-state index contributed by atoms with van der Waals surface area (Å²) in [6, 6.07) is 0.107. The summed E-state index contributed by atoms with van der Waals surface area (Å²) in [7, 11) is -0.275. The number of hydrogen-bond donors (Lipinski definition) is 1. The quantitative estimate of drug-likeness (QED) is 0.789. The minimum Gasteiger partial charge on any atom is -0.444 e. The topological polar surface area (TPSA) is 56.8 Å². The first kappa shape index (κ1) is 18.3. The predicted molar refractivity (Wildman–Crippen MR) is 91.2 cm³/mol. The predicted octanol–water partition coefficient (Wildman–Crippen LogP) is 3.62. The number of amides is 1. The van der Waals surface area contributed by atoms with E-state index in [0.29, 0.717) is 0 Å². The van der Waals surface area contributed by atoms with Gasteiger partial charge in [-0.3, -0.25) is 0 Å². The zero-order valence-electron chi connectivity index (χ0n) is 15.5. The highest BCUT2D eigenvalue weighted by atomic mass is 16.7. The standard InChI is InChI=1S/C17H30BNO4/c1-15(2,3)21-14(20)19-13-10-8-12(9-11-13)18-22-16(4,5)17(6,7)23-18/h8,13H,9-11H2,1-7H3,(H,19,20). The zero-order valence-corrected chi connectivity index (χ0v) is 15.5. The smallest absolute Gasteiger partial charge is 0.444 e. The Labute approximate surface area is 140 Å². The van der Waals surface area contributed by atoms with Gasteiger partial charge in [-0.1, -0.05) is 6.08 Å². The van der Waals surface area contributed by atoms with E-state index < -0.39 is 5.60 Å². The molecule has 1 unspecified atom stereocenters. The average molecular weight is 323 g/mol. The van der Waals surface area contributed by atoms with Crippen molar-refractivity contribution in [1.29, 1.82) is 0 Å². The maximum Gasteiger partial charge on any atom is 0.490 e. The number of nitrogens with one attached hydrogen (secondary N) is 1. The Kier molecular flexibility index (Phi) is 4.89. The molecule has 5 nitrogen and oxygen atoms in total. The minimum atomic E-state index is -0.470. The summed E-state index contributed by atoms with van der Waals surface area (Å²) in [4.78, 5) is 11.8. The fourth-order valence-corrected chi connectivity index (χ4v) is 2.67. The molecule has 1 N–H and O–H groups in total. The summed E-state index contributed by atoms with van der Waals surface area (Å²) in [5, 5.41) is 2.93. The molecule has 6 heteroatoms. The molecule has 1 aliphatic carbocycles. The second kappa shape index (κ2) is 6.13. The van der Waals surface area contributed by atoms with Crippen molar-refractivity contribution in [2.45, 2.75) is 90.6 Å². The molecule has 1 aliphatic heterocycles. The van der Waals surface area contributed by atoms with Crippen molar-refractivity contribution in [2.24, 2.45) is 0 Å². The van der Waals surface area contributed by atoms with Gasteiger partial charge in [0.15, 0.2) is 0 Å². The Morgan fingerprint density at radius 2 is 1.83 bits per heavy atom. The molecule has 1 amide bonds. The Hall–Kier alpha value is -1.01. The van der Waals surface area contributed by atoms with E-state index in [0.717, 1.165) is 19.3 Å². The first-order valence-corrected chi connectivity index (χ1v) is 8.44. The average Bonchev–Trinajstić information content (AvgIpc) is 2.56. The molecule has 1 heterocycles. The van der Waals surface area contributed by atoms with E-state index in [1.54, 1.807) is 0 Å². The molecule has 130 valence electrons. The largest absolute Gasteiger partial charge is 0.490 e. The second-order valence-corrected chi connectivity index (χ2v) is 8.48. The van der Waals surface area contributed by atoms with Crippen molar-refractivity contribution in [3.8, 4) is 0 Å². The summed E-state index contributed by atoms with van der Waals surface area (Å²) >= 11 is 0. The van der Waals surface area contributed by atoms with Crippen molar-refractivity contribution >= 4 is 13.2 Å². The van der Waals surface area contributed by atoms with Gasteiger partial charge >= 0.3 is 13.2 Å². The first-order valence-electron chi connectivity index (χ1n) is 8.44. The summed E-state index contributed by atoms with van der Waals surface area (Å²) in [5.74, 6) is 0. The van der Waals surface area contributed by atoms with Crippen LogP contribution in [-0.2, 0) is 14.0 Å². The fraction of sp³-hybridized carbons (Fsp3) is 0.824. The van der Waals surface area contributed by atoms with Gasteiger partial charge in [0.1, 0.15) is 5.60 Å². The van der Waals surface area contributed by atoms with Crippen LogP contribution in [0.5, 0.6) is 0 Å². The Morgan fingerprint density at radius 1 is 1.26 bits per heavy atom. The minimum absolute atomic E-state index is 0.107. The van der Waals surface area contributed by atoms with Crippen LogP contribution in [0.25, 0.3) is 0 Å². The number of ether oxygens (including phenoxy) is 1. The highest BCUT2D eigenvalue weighted by Gasteiger charge is 2.52. The van der Waals surface area contributed by atoms with Gasteiger partial charge in [-0.2, -0.15) is 0 Å². The van der Waals surface area contributed by atoms with Crippen LogP contribution >= 0.6 is 0 Å². The Bertz CT molecular complexity index is 477. The van der Waals surface area contributed by atoms with Crippen molar-refractivity contribution in [2.75, 3.05) is 0 Å². The van der Waals surface area contributed by atoms with E-state index >= 15 is 0 Å². The third-order valence-electron chi connectivity index (χ3n) is 4.72. The molecule has 0 saturated carbocycles. The molecule has 0 bridgehead atoms. The van der Waals surface area contributed by atoms with E-state index in [4.69, 9.17) is 14.0 Å². The highest BCUT2D eigenvalue weighted by Crippen LogP contribution is 2.40. The summed E-state index contributed by atoms with van der Waals surface area (Å²) in [6.45, 7) is 13.8. The van der Waals surface area contributed by atoms with Crippen LogP contribution in [0.4, 0.5) is 4.79 Å². The van der Waals surface area contributed by atoms with Gasteiger partial charge in [0.05, 0.1) is 11.2 Å². The van der Waals surface area contributed by atoms with Crippen LogP contribution in [0.2, 0.25) is 0 Å². The lowest BCUT2D eigenvalue weighted by atomic mass is 9.72. The number of carbonyl (C=O) groups is 1. The van der Waals surface area contributed by atoms with E-state index in [1.807, 2.05) is 20.8 Å². The van der Waals surface area contributed by atoms with E-state index in [-0.39, 0.29) is 30.5 Å². The molecule has 2 aliphatic rings. The van der Waals surface area contributed by atoms with Crippen LogP contribution in [0.1, 0.15) is 67.7 Å².